The van der Waals surface area contributed by atoms with Crippen molar-refractivity contribution < 1.29 is 18.0 Å². The van der Waals surface area contributed by atoms with Crippen molar-refractivity contribution in [3.05, 3.63) is 83.9 Å². The summed E-state index contributed by atoms with van der Waals surface area (Å²) >= 11 is 0. The maximum Gasteiger partial charge on any atom is 0.261 e. The van der Waals surface area contributed by atoms with Gasteiger partial charge in [0.05, 0.1) is 4.90 Å². The Morgan fingerprint density at radius 3 is 1.84 bits per heavy atom. The molecule has 3 rings (SSSR count). The Morgan fingerprint density at radius 1 is 0.742 bits per heavy atom. The molecule has 7 nitrogen and oxygen atoms in total. The summed E-state index contributed by atoms with van der Waals surface area (Å²) in [5, 5.41) is 5.44. The molecule has 0 aliphatic rings. The molecular weight excluding hydrogens is 414 g/mol. The van der Waals surface area contributed by atoms with Crippen LogP contribution in [0.25, 0.3) is 0 Å². The minimum atomic E-state index is -3.74. The van der Waals surface area contributed by atoms with E-state index in [2.05, 4.69) is 15.4 Å². The third-order valence-electron chi connectivity index (χ3n) is 4.48. The zero-order valence-corrected chi connectivity index (χ0v) is 18.0. The summed E-state index contributed by atoms with van der Waals surface area (Å²) in [7, 11) is -3.74. The number of nitrogens with one attached hydrogen (secondary N) is 3. The monoisotopic (exact) mass is 437 g/mol. The van der Waals surface area contributed by atoms with Gasteiger partial charge in [-0.1, -0.05) is 24.6 Å². The summed E-state index contributed by atoms with van der Waals surface area (Å²) in [6, 6.07) is 19.4. The van der Waals surface area contributed by atoms with Crippen molar-refractivity contribution in [2.75, 3.05) is 15.4 Å². The number of carbonyl (C=O) groups is 2. The smallest absolute Gasteiger partial charge is 0.261 e. The zero-order chi connectivity index (χ0) is 22.4. The lowest BCUT2D eigenvalue weighted by Crippen LogP contribution is -2.14. The van der Waals surface area contributed by atoms with Crippen LogP contribution in [-0.2, 0) is 14.8 Å². The number of sulfonamides is 1. The van der Waals surface area contributed by atoms with Crippen molar-refractivity contribution in [2.24, 2.45) is 0 Å². The molecule has 0 aromatic heterocycles. The minimum absolute atomic E-state index is 0.0853. The topological polar surface area (TPSA) is 104 Å². The van der Waals surface area contributed by atoms with Crippen LogP contribution < -0.4 is 15.4 Å². The highest BCUT2D eigenvalue weighted by atomic mass is 32.2. The summed E-state index contributed by atoms with van der Waals surface area (Å²) in [6.45, 7) is 3.68. The number of amides is 2. The molecule has 0 radical (unpaired) electrons. The Bertz CT molecular complexity index is 1170. The Morgan fingerprint density at radius 2 is 1.26 bits per heavy atom. The molecule has 160 valence electrons. The van der Waals surface area contributed by atoms with Crippen molar-refractivity contribution in [2.45, 2.75) is 25.2 Å². The summed E-state index contributed by atoms with van der Waals surface area (Å²) in [5.41, 5.74) is 2.99. The first-order valence-corrected chi connectivity index (χ1v) is 11.2. The Labute approximate surface area is 181 Å². The molecule has 31 heavy (non-hydrogen) atoms. The van der Waals surface area contributed by atoms with E-state index in [0.29, 0.717) is 29.0 Å². The lowest BCUT2D eigenvalue weighted by atomic mass is 10.2. The van der Waals surface area contributed by atoms with E-state index >= 15 is 0 Å². The van der Waals surface area contributed by atoms with E-state index in [4.69, 9.17) is 0 Å². The molecule has 0 bridgehead atoms. The molecule has 3 aromatic carbocycles. The first-order valence-electron chi connectivity index (χ1n) is 9.67. The van der Waals surface area contributed by atoms with Crippen LogP contribution in [-0.4, -0.2) is 20.2 Å². The van der Waals surface area contributed by atoms with Crippen molar-refractivity contribution in [3.63, 3.8) is 0 Å². The average Bonchev–Trinajstić information content (AvgIpc) is 2.76. The number of hydrogen-bond acceptors (Lipinski definition) is 4. The van der Waals surface area contributed by atoms with Gasteiger partial charge in [-0.15, -0.1) is 0 Å². The second-order valence-electron chi connectivity index (χ2n) is 6.93. The van der Waals surface area contributed by atoms with Crippen LogP contribution in [0.2, 0.25) is 0 Å². The fourth-order valence-electron chi connectivity index (χ4n) is 2.71. The van der Waals surface area contributed by atoms with Crippen molar-refractivity contribution in [1.29, 1.82) is 0 Å². The van der Waals surface area contributed by atoms with E-state index in [0.717, 1.165) is 5.56 Å². The molecular formula is C23H23N3O4S. The van der Waals surface area contributed by atoms with Gasteiger partial charge in [0, 0.05) is 29.0 Å². The predicted molar refractivity (Wildman–Crippen MR) is 122 cm³/mol. The molecule has 0 atom stereocenters. The molecule has 0 unspecified atom stereocenters. The molecule has 0 aliphatic carbocycles. The van der Waals surface area contributed by atoms with E-state index < -0.39 is 10.0 Å². The van der Waals surface area contributed by atoms with Gasteiger partial charge < -0.3 is 10.6 Å². The fourth-order valence-corrected chi connectivity index (χ4v) is 3.77. The Hall–Kier alpha value is -3.65. The Kier molecular flexibility index (Phi) is 6.71. The number of carbonyl (C=O) groups excluding carboxylic acids is 2. The third-order valence-corrected chi connectivity index (χ3v) is 5.88. The van der Waals surface area contributed by atoms with E-state index in [1.54, 1.807) is 43.3 Å². The van der Waals surface area contributed by atoms with Crippen LogP contribution in [0.1, 0.15) is 29.3 Å². The van der Waals surface area contributed by atoms with Crippen LogP contribution in [0.5, 0.6) is 0 Å². The van der Waals surface area contributed by atoms with E-state index in [9.17, 15) is 18.0 Å². The quantitative estimate of drug-likeness (QED) is 0.510. The first kappa shape index (κ1) is 22.0. The molecule has 0 heterocycles. The molecule has 3 aromatic rings. The fraction of sp³-hybridized carbons (Fsp3) is 0.130. The van der Waals surface area contributed by atoms with Crippen LogP contribution in [0.4, 0.5) is 17.1 Å². The van der Waals surface area contributed by atoms with Crippen molar-refractivity contribution >= 4 is 38.9 Å². The lowest BCUT2D eigenvalue weighted by molar-refractivity contribution is -0.115. The van der Waals surface area contributed by atoms with Gasteiger partial charge in [-0.2, -0.15) is 0 Å². The van der Waals surface area contributed by atoms with Gasteiger partial charge in [-0.25, -0.2) is 8.42 Å². The molecule has 0 saturated heterocycles. The normalized spacial score (nSPS) is 10.9. The highest BCUT2D eigenvalue weighted by Crippen LogP contribution is 2.19. The number of anilines is 3. The molecule has 2 amide bonds. The molecule has 0 aliphatic heterocycles. The van der Waals surface area contributed by atoms with Gasteiger partial charge in [0.25, 0.3) is 15.9 Å². The molecule has 0 fully saturated rings. The van der Waals surface area contributed by atoms with Crippen LogP contribution in [0, 0.1) is 6.92 Å². The van der Waals surface area contributed by atoms with E-state index in [1.165, 1.54) is 24.3 Å². The number of rotatable bonds is 7. The number of aryl methyl sites for hydroxylation is 1. The van der Waals surface area contributed by atoms with Gasteiger partial charge in [0.1, 0.15) is 0 Å². The predicted octanol–water partition coefficient (Wildman–Crippen LogP) is 4.40. The van der Waals surface area contributed by atoms with Gasteiger partial charge in [0.15, 0.2) is 0 Å². The average molecular weight is 438 g/mol. The van der Waals surface area contributed by atoms with Crippen molar-refractivity contribution in [3.8, 4) is 0 Å². The van der Waals surface area contributed by atoms with E-state index in [-0.39, 0.29) is 16.7 Å². The minimum Gasteiger partial charge on any atom is -0.326 e. The molecule has 0 saturated carbocycles. The number of benzene rings is 3. The Balaban J connectivity index is 1.65. The highest BCUT2D eigenvalue weighted by molar-refractivity contribution is 7.92. The summed E-state index contributed by atoms with van der Waals surface area (Å²) in [6.07, 6.45) is 0.370. The van der Waals surface area contributed by atoms with Crippen LogP contribution >= 0.6 is 0 Å². The highest BCUT2D eigenvalue weighted by Gasteiger charge is 2.14. The molecule has 0 spiro atoms. The van der Waals surface area contributed by atoms with Crippen LogP contribution in [0.3, 0.4) is 0 Å². The lowest BCUT2D eigenvalue weighted by Gasteiger charge is -2.10. The van der Waals surface area contributed by atoms with Gasteiger partial charge in [-0.3, -0.25) is 14.3 Å². The van der Waals surface area contributed by atoms with Gasteiger partial charge >= 0.3 is 0 Å². The second kappa shape index (κ2) is 9.44. The summed E-state index contributed by atoms with van der Waals surface area (Å²) < 4.78 is 27.6. The standard InChI is InChI=1S/C23H23N3O4S/c1-3-22(27)24-18-10-6-17(7-11-18)23(28)25-19-12-14-21(15-13-19)31(29,30)26-20-8-4-16(2)5-9-20/h4-15,26H,3H2,1-2H3,(H,24,27)(H,25,28). The molecule has 8 heteroatoms. The maximum absolute atomic E-state index is 12.5. The van der Waals surface area contributed by atoms with E-state index in [1.807, 2.05) is 19.1 Å². The SMILES string of the molecule is CCC(=O)Nc1ccc(C(=O)Nc2ccc(S(=O)(=O)Nc3ccc(C)cc3)cc2)cc1. The molecule has 3 N–H and O–H groups in total. The van der Waals surface area contributed by atoms with Gasteiger partial charge in [0.2, 0.25) is 5.91 Å². The zero-order valence-electron chi connectivity index (χ0n) is 17.2. The van der Waals surface area contributed by atoms with Gasteiger partial charge in [-0.05, 0) is 67.6 Å². The number of hydrogen-bond donors (Lipinski definition) is 3. The van der Waals surface area contributed by atoms with Crippen LogP contribution in [0.15, 0.2) is 77.7 Å². The largest absolute Gasteiger partial charge is 0.326 e. The summed E-state index contributed by atoms with van der Waals surface area (Å²) in [4.78, 5) is 23.9. The maximum atomic E-state index is 12.5. The summed E-state index contributed by atoms with van der Waals surface area (Å²) in [5.74, 6) is -0.453. The second-order valence-corrected chi connectivity index (χ2v) is 8.61. The van der Waals surface area contributed by atoms with Crippen molar-refractivity contribution in [1.82, 2.24) is 0 Å². The first-order chi connectivity index (χ1) is 14.8. The third kappa shape index (κ3) is 5.93.